The zero-order valence-corrected chi connectivity index (χ0v) is 32.3. The van der Waals surface area contributed by atoms with Crippen LogP contribution in [0.25, 0.3) is 0 Å². The zero-order chi connectivity index (χ0) is 38.0. The monoisotopic (exact) mass is 762 g/mol. The van der Waals surface area contributed by atoms with E-state index in [1.165, 1.54) is 0 Å². The number of aromatic nitrogens is 6. The van der Waals surface area contributed by atoms with Crippen LogP contribution in [-0.4, -0.2) is 29.9 Å². The molecule has 1 aliphatic rings. The molecule has 4 N–H and O–H groups in total. The second-order valence-corrected chi connectivity index (χ2v) is 15.5. The minimum absolute atomic E-state index is 0.0208. The highest BCUT2D eigenvalue weighted by Gasteiger charge is 2.25. The SMILES string of the molecule is CC(C)(C)c1cc2c(OCc3ccccc3)c(c1)Nc1nc(Cl)nc(n1)Nc1cc(C(C)(C)C)cc(c1OCc1ccccc1)Nc1nc(Cl)nc(n1)N2. The normalized spacial score (nSPS) is 12.4. The fourth-order valence-corrected chi connectivity index (χ4v) is 5.99. The third-order valence-electron chi connectivity index (χ3n) is 8.56. The van der Waals surface area contributed by atoms with E-state index >= 15 is 0 Å². The lowest BCUT2D eigenvalue weighted by Crippen LogP contribution is -2.15. The smallest absolute Gasteiger partial charge is 0.233 e. The van der Waals surface area contributed by atoms with Crippen LogP contribution in [-0.2, 0) is 24.0 Å². The number of hydrogen-bond donors (Lipinski definition) is 4. The number of benzene rings is 4. The number of nitrogens with zero attached hydrogens (tertiary/aromatic N) is 6. The van der Waals surface area contributed by atoms with E-state index in [0.717, 1.165) is 22.3 Å². The Hall–Kier alpha value is -5.72. The van der Waals surface area contributed by atoms with E-state index < -0.39 is 0 Å². The topological polar surface area (TPSA) is 144 Å². The molecule has 0 amide bonds. The zero-order valence-electron chi connectivity index (χ0n) is 30.8. The summed E-state index contributed by atoms with van der Waals surface area (Å²) in [6.45, 7) is 13.2. The van der Waals surface area contributed by atoms with E-state index in [1.807, 2.05) is 84.9 Å². The summed E-state index contributed by atoms with van der Waals surface area (Å²) < 4.78 is 13.1. The first-order chi connectivity index (χ1) is 25.8. The van der Waals surface area contributed by atoms with Gasteiger partial charge in [0, 0.05) is 0 Å². The molecule has 12 nitrogen and oxygen atoms in total. The number of hydrogen-bond acceptors (Lipinski definition) is 12. The van der Waals surface area contributed by atoms with Gasteiger partial charge in [0.2, 0.25) is 34.4 Å². The average molecular weight is 764 g/mol. The highest BCUT2D eigenvalue weighted by molar-refractivity contribution is 6.28. The Balaban J connectivity index is 1.43. The summed E-state index contributed by atoms with van der Waals surface area (Å²) in [4.78, 5) is 27.3. The van der Waals surface area contributed by atoms with Crippen LogP contribution in [0.2, 0.25) is 10.6 Å². The van der Waals surface area contributed by atoms with E-state index in [9.17, 15) is 0 Å². The van der Waals surface area contributed by atoms with Gasteiger partial charge in [-0.25, -0.2) is 0 Å². The third kappa shape index (κ3) is 8.73. The Morgan fingerprint density at radius 1 is 0.463 bits per heavy atom. The number of rotatable bonds is 6. The van der Waals surface area contributed by atoms with Crippen molar-refractivity contribution in [1.82, 2.24) is 29.9 Å². The molecule has 3 heterocycles. The molecule has 2 aromatic heterocycles. The first kappa shape index (κ1) is 36.6. The van der Waals surface area contributed by atoms with E-state index in [1.54, 1.807) is 0 Å². The Bertz CT molecular complexity index is 2040. The Morgan fingerprint density at radius 3 is 1.04 bits per heavy atom. The quantitative estimate of drug-likeness (QED) is 0.128. The summed E-state index contributed by atoms with van der Waals surface area (Å²) in [5, 5.41) is 13.4. The molecule has 4 aromatic carbocycles. The highest BCUT2D eigenvalue weighted by atomic mass is 35.5. The molecule has 1 aliphatic heterocycles. The van der Waals surface area contributed by atoms with Crippen LogP contribution in [0.5, 0.6) is 11.5 Å². The molecule has 54 heavy (non-hydrogen) atoms. The first-order valence-electron chi connectivity index (χ1n) is 17.4. The summed E-state index contributed by atoms with van der Waals surface area (Å²) in [7, 11) is 0. The summed E-state index contributed by atoms with van der Waals surface area (Å²) in [6.07, 6.45) is 0. The van der Waals surface area contributed by atoms with Crippen molar-refractivity contribution in [1.29, 1.82) is 0 Å². The van der Waals surface area contributed by atoms with Crippen LogP contribution in [0, 0.1) is 0 Å². The molecule has 0 saturated heterocycles. The molecular weight excluding hydrogens is 723 g/mol. The lowest BCUT2D eigenvalue weighted by Gasteiger charge is -2.25. The minimum atomic E-state index is -0.276. The molecule has 0 saturated carbocycles. The van der Waals surface area contributed by atoms with Crippen molar-refractivity contribution in [2.75, 3.05) is 21.3 Å². The van der Waals surface area contributed by atoms with Crippen molar-refractivity contribution in [2.24, 2.45) is 0 Å². The van der Waals surface area contributed by atoms with Crippen LogP contribution >= 0.6 is 23.2 Å². The van der Waals surface area contributed by atoms with Gasteiger partial charge in [0.15, 0.2) is 11.5 Å². The number of ether oxygens (including phenoxy) is 2. The molecular formula is C40H40Cl2N10O2. The molecule has 6 aromatic rings. The average Bonchev–Trinajstić information content (AvgIpc) is 3.10. The van der Waals surface area contributed by atoms with Gasteiger partial charge in [-0.15, -0.1) is 0 Å². The second-order valence-electron chi connectivity index (χ2n) is 14.9. The van der Waals surface area contributed by atoms with Crippen molar-refractivity contribution < 1.29 is 9.47 Å². The third-order valence-corrected chi connectivity index (χ3v) is 8.90. The summed E-state index contributed by atoms with van der Waals surface area (Å²) in [5.74, 6) is 1.69. The molecule has 14 heteroatoms. The van der Waals surface area contributed by atoms with Gasteiger partial charge in [-0.3, -0.25) is 0 Å². The fourth-order valence-electron chi connectivity index (χ4n) is 5.67. The lowest BCUT2D eigenvalue weighted by atomic mass is 9.86. The maximum absolute atomic E-state index is 6.59. The van der Waals surface area contributed by atoms with Gasteiger partial charge in [-0.2, -0.15) is 29.9 Å². The van der Waals surface area contributed by atoms with Crippen LogP contribution in [0.1, 0.15) is 63.8 Å². The molecule has 0 unspecified atom stereocenters. The molecule has 0 spiro atoms. The Labute approximate surface area is 324 Å². The summed E-state index contributed by atoms with van der Waals surface area (Å²) in [6, 6.07) is 27.7. The minimum Gasteiger partial charge on any atom is -0.485 e. The van der Waals surface area contributed by atoms with Crippen molar-refractivity contribution in [3.63, 3.8) is 0 Å². The predicted octanol–water partition coefficient (Wildman–Crippen LogP) is 10.4. The largest absolute Gasteiger partial charge is 0.485 e. The number of anilines is 8. The molecule has 276 valence electrons. The van der Waals surface area contributed by atoms with Gasteiger partial charge in [0.05, 0.1) is 22.7 Å². The van der Waals surface area contributed by atoms with Gasteiger partial charge in [0.25, 0.3) is 0 Å². The van der Waals surface area contributed by atoms with Gasteiger partial charge >= 0.3 is 0 Å². The molecule has 0 fully saturated rings. The maximum atomic E-state index is 6.59. The van der Waals surface area contributed by atoms with Gasteiger partial charge in [-0.1, -0.05) is 102 Å². The standard InChI is InChI=1S/C40H40Cl2N10O2/c1-39(2,3)25-17-27-31(53-21-23-13-9-7-10-14-23)28(18-25)44-36-48-34(42)50-38(52-36)46-30-20-26(40(4,5)6)19-29(32(30)54-22-24-15-11-8-12-16-24)45-37-49-33(41)47-35(43-27)51-37/h7-20H,21-22H2,1-6H3,(H2,43,45,47,49,51)(H2,44,46,48,50,52). The molecule has 7 rings (SSSR count). The number of fused-ring (bicyclic) bond motifs is 8. The molecule has 0 aliphatic carbocycles. The van der Waals surface area contributed by atoms with Gasteiger partial charge in [-0.05, 0) is 80.6 Å². The summed E-state index contributed by atoms with van der Waals surface area (Å²) in [5.41, 5.74) is 5.64. The van der Waals surface area contributed by atoms with E-state index in [2.05, 4.69) is 82.7 Å². The predicted molar refractivity (Wildman–Crippen MR) is 215 cm³/mol. The van der Waals surface area contributed by atoms with Crippen molar-refractivity contribution in [3.8, 4) is 11.5 Å². The number of nitrogens with one attached hydrogen (secondary N) is 4. The molecule has 0 atom stereocenters. The molecule has 8 bridgehead atoms. The van der Waals surface area contributed by atoms with Crippen molar-refractivity contribution in [2.45, 2.75) is 65.6 Å². The first-order valence-corrected chi connectivity index (χ1v) is 18.1. The van der Waals surface area contributed by atoms with Crippen LogP contribution < -0.4 is 30.7 Å². The Kier molecular flexibility index (Phi) is 10.1. The van der Waals surface area contributed by atoms with Crippen LogP contribution in [0.3, 0.4) is 0 Å². The Morgan fingerprint density at radius 2 is 0.759 bits per heavy atom. The summed E-state index contributed by atoms with van der Waals surface area (Å²) >= 11 is 13.2. The van der Waals surface area contributed by atoms with E-state index in [0.29, 0.717) is 34.2 Å². The van der Waals surface area contributed by atoms with E-state index in [4.69, 9.17) is 42.6 Å². The van der Waals surface area contributed by atoms with Crippen molar-refractivity contribution >= 4 is 69.7 Å². The van der Waals surface area contributed by atoms with Crippen LogP contribution in [0.15, 0.2) is 84.9 Å². The van der Waals surface area contributed by atoms with Crippen LogP contribution in [0.4, 0.5) is 46.5 Å². The fraction of sp³-hybridized carbons (Fsp3) is 0.250. The second kappa shape index (κ2) is 15.0. The van der Waals surface area contributed by atoms with Gasteiger partial charge < -0.3 is 30.7 Å². The lowest BCUT2D eigenvalue weighted by molar-refractivity contribution is 0.309. The maximum Gasteiger partial charge on any atom is 0.233 e. The number of halogens is 2. The molecule has 0 radical (unpaired) electrons. The highest BCUT2D eigenvalue weighted by Crippen LogP contribution is 2.44. The van der Waals surface area contributed by atoms with Gasteiger partial charge in [0.1, 0.15) is 13.2 Å². The van der Waals surface area contributed by atoms with Crippen molar-refractivity contribution in [3.05, 3.63) is 118 Å². The van der Waals surface area contributed by atoms with E-state index in [-0.39, 0.29) is 58.4 Å².